The van der Waals surface area contributed by atoms with E-state index in [-0.39, 0.29) is 37.1 Å². The molecule has 0 heterocycles. The highest BCUT2D eigenvalue weighted by Gasteiger charge is 2.69. The number of aliphatic hydroxyl groups is 1. The lowest BCUT2D eigenvalue weighted by Gasteiger charge is -2.52. The van der Waals surface area contributed by atoms with E-state index in [2.05, 4.69) is 5.32 Å². The average molecular weight is 764 g/mol. The van der Waals surface area contributed by atoms with Crippen molar-refractivity contribution in [2.75, 3.05) is 58.3 Å². The fourth-order valence-electron chi connectivity index (χ4n) is 8.06. The summed E-state index contributed by atoms with van der Waals surface area (Å²) in [6.45, 7) is 0.587. The molecule has 55 heavy (non-hydrogen) atoms. The van der Waals surface area contributed by atoms with Gasteiger partial charge in [-0.15, -0.1) is 0 Å². The van der Waals surface area contributed by atoms with Crippen molar-refractivity contribution in [1.29, 1.82) is 0 Å². The van der Waals surface area contributed by atoms with Gasteiger partial charge in [-0.25, -0.2) is 4.79 Å². The van der Waals surface area contributed by atoms with Gasteiger partial charge in [-0.2, -0.15) is 0 Å². The summed E-state index contributed by atoms with van der Waals surface area (Å²) in [5.41, 5.74) is 3.42. The number of hydrogen-bond acceptors (Lipinski definition) is 14. The van der Waals surface area contributed by atoms with Gasteiger partial charge in [-0.1, -0.05) is 37.3 Å². The van der Waals surface area contributed by atoms with Gasteiger partial charge in [0, 0.05) is 32.2 Å². The normalized spacial score (nSPS) is 24.3. The average Bonchev–Trinajstić information content (AvgIpc) is 3.10. The fourth-order valence-corrected chi connectivity index (χ4v) is 8.06. The summed E-state index contributed by atoms with van der Waals surface area (Å²) in [7, 11) is 6.33. The molecule has 0 spiro atoms. The summed E-state index contributed by atoms with van der Waals surface area (Å²) in [4.78, 5) is 110. The van der Waals surface area contributed by atoms with Gasteiger partial charge >= 0.3 is 12.1 Å². The number of ketones is 4. The molecule has 17 heteroatoms. The summed E-state index contributed by atoms with van der Waals surface area (Å²) in [5, 5.41) is 25.9. The number of benzene rings is 2. The maximum Gasteiger partial charge on any atom is 0.413 e. The van der Waals surface area contributed by atoms with Crippen LogP contribution >= 0.6 is 0 Å². The Morgan fingerprint density at radius 2 is 1.67 bits per heavy atom. The van der Waals surface area contributed by atoms with Gasteiger partial charge in [0.05, 0.1) is 29.6 Å². The molecule has 3 aliphatic carbocycles. The second-order valence-electron chi connectivity index (χ2n) is 14.5. The van der Waals surface area contributed by atoms with E-state index in [9.17, 15) is 48.6 Å². The minimum absolute atomic E-state index is 0.0210. The minimum atomic E-state index is -2.89. The van der Waals surface area contributed by atoms with Crippen LogP contribution in [0.4, 0.5) is 16.2 Å². The zero-order valence-electron chi connectivity index (χ0n) is 31.2. The van der Waals surface area contributed by atoms with Crippen molar-refractivity contribution in [2.45, 2.75) is 44.2 Å². The number of anilines is 2. The van der Waals surface area contributed by atoms with Crippen LogP contribution in [0, 0.1) is 23.7 Å². The molecule has 0 saturated heterocycles. The molecule has 2 aromatic carbocycles. The molecule has 0 bridgehead atoms. The number of ether oxygens (including phenoxy) is 2. The molecule has 0 radical (unpaired) electrons. The van der Waals surface area contributed by atoms with Gasteiger partial charge in [0.25, 0.3) is 0 Å². The summed E-state index contributed by atoms with van der Waals surface area (Å²) in [6, 6.07) is 9.00. The summed E-state index contributed by atoms with van der Waals surface area (Å²) < 4.78 is 10.1. The topological polar surface area (TPSA) is 243 Å². The number of primary amides is 1. The number of aromatic hydroxyl groups is 1. The Balaban J connectivity index is 1.37. The smallest absolute Gasteiger partial charge is 0.413 e. The van der Waals surface area contributed by atoms with Crippen LogP contribution < -0.4 is 16.0 Å². The van der Waals surface area contributed by atoms with Crippen LogP contribution in [0.15, 0.2) is 36.4 Å². The monoisotopic (exact) mass is 763 g/mol. The van der Waals surface area contributed by atoms with Gasteiger partial charge in [0.15, 0.2) is 34.7 Å². The first-order valence-corrected chi connectivity index (χ1v) is 17.8. The highest BCUT2D eigenvalue weighted by Crippen LogP contribution is 2.52. The third kappa shape index (κ3) is 7.53. The molecule has 2 fully saturated rings. The van der Waals surface area contributed by atoms with E-state index in [0.717, 1.165) is 4.90 Å². The summed E-state index contributed by atoms with van der Waals surface area (Å²) in [5.74, 6) is -13.6. The number of phenolic OH excluding ortho intramolecular Hbond substituents is 1. The van der Waals surface area contributed by atoms with Gasteiger partial charge in [0.2, 0.25) is 18.6 Å². The van der Waals surface area contributed by atoms with Crippen molar-refractivity contribution in [1.82, 2.24) is 9.80 Å². The molecule has 6 atom stereocenters. The molecule has 2 saturated carbocycles. The Labute approximate surface area is 316 Å². The molecule has 0 aromatic heterocycles. The maximum absolute atomic E-state index is 14.3. The van der Waals surface area contributed by atoms with Crippen molar-refractivity contribution in [3.63, 3.8) is 0 Å². The van der Waals surface area contributed by atoms with Crippen molar-refractivity contribution >= 4 is 58.4 Å². The van der Waals surface area contributed by atoms with E-state index in [0.29, 0.717) is 23.2 Å². The second-order valence-corrected chi connectivity index (χ2v) is 14.5. The number of nitrogens with zero attached hydrogens (tertiary/aromatic N) is 3. The Morgan fingerprint density at radius 3 is 2.27 bits per heavy atom. The van der Waals surface area contributed by atoms with Crippen molar-refractivity contribution in [2.24, 2.45) is 29.4 Å². The van der Waals surface area contributed by atoms with Gasteiger partial charge in [-0.3, -0.25) is 43.4 Å². The van der Waals surface area contributed by atoms with Crippen molar-refractivity contribution < 1.29 is 58.0 Å². The third-order valence-electron chi connectivity index (χ3n) is 10.5. The summed E-state index contributed by atoms with van der Waals surface area (Å²) >= 11 is 0. The molecule has 5 rings (SSSR count). The van der Waals surface area contributed by atoms with E-state index < -0.39 is 101 Å². The standard InChI is InChI=1S/C38H45N5O12/c1-6-12-43(37(52)55-18-54-26(45)13-19-10-8-7-9-11-19)17-25(44)40-23-16-24(41(2)3)21-14-20-15-22-30(42(4)5)33(48)29(36(39)51)35(50)38(22,53)34(49)27(20)32(47)28(21)31(23)46/h7-11,16,20,22,27,29-30,46,53H,6,12-15,17-18H2,1-5H3,(H2,39,51)(H,40,44)/t20-,22-,27?,29?,30-,38-/m0/s1. The zero-order valence-corrected chi connectivity index (χ0v) is 31.2. The van der Waals surface area contributed by atoms with Gasteiger partial charge in [0.1, 0.15) is 12.3 Å². The molecule has 5 N–H and O–H groups in total. The molecular formula is C38H45N5O12. The number of hydrogen-bond donors (Lipinski definition) is 4. The number of Topliss-reactive ketones (excluding diaryl/α,β-unsaturated/α-hetero) is 4. The SMILES string of the molecule is CCCN(CC(=O)Nc1cc(N(C)C)c2c(c1O)C(=O)C1C(=O)[C@]3(O)C(=O)C(C(N)=O)C(=O)[C@@H](N(C)C)[C@@H]3C[C@@H]1C2)C(=O)OCOC(=O)Cc1ccccc1. The predicted molar refractivity (Wildman–Crippen MR) is 194 cm³/mol. The van der Waals surface area contributed by atoms with Gasteiger partial charge in [-0.05, 0) is 56.5 Å². The minimum Gasteiger partial charge on any atom is -0.505 e. The lowest BCUT2D eigenvalue weighted by atomic mass is 9.52. The van der Waals surface area contributed by atoms with Crippen LogP contribution in [0.5, 0.6) is 5.75 Å². The predicted octanol–water partition coefficient (Wildman–Crippen LogP) is 0.464. The molecule has 294 valence electrons. The summed E-state index contributed by atoms with van der Waals surface area (Å²) in [6.07, 6.45) is -0.659. The molecule has 3 amide bonds. The Kier molecular flexibility index (Phi) is 11.8. The quantitative estimate of drug-likeness (QED) is 0.0994. The number of nitrogens with two attached hydrogens (primary N) is 1. The first kappa shape index (κ1) is 40.5. The third-order valence-corrected chi connectivity index (χ3v) is 10.5. The molecule has 2 unspecified atom stereocenters. The first-order chi connectivity index (χ1) is 25.9. The van der Waals surface area contributed by atoms with E-state index in [1.165, 1.54) is 25.1 Å². The van der Waals surface area contributed by atoms with Crippen LogP contribution in [0.2, 0.25) is 0 Å². The number of rotatable bonds is 12. The van der Waals surface area contributed by atoms with Crippen LogP contribution in [-0.4, -0.2) is 127 Å². The fraction of sp³-hybridized carbons (Fsp3) is 0.474. The Hall–Kier alpha value is -5.68. The van der Waals surface area contributed by atoms with E-state index in [1.807, 2.05) is 0 Å². The lowest BCUT2D eigenvalue weighted by Crippen LogP contribution is -2.74. The molecule has 0 aliphatic heterocycles. The number of nitrogens with one attached hydrogen (secondary N) is 1. The largest absolute Gasteiger partial charge is 0.505 e. The first-order valence-electron chi connectivity index (χ1n) is 17.8. The Morgan fingerprint density at radius 1 is 1.00 bits per heavy atom. The van der Waals surface area contributed by atoms with E-state index in [1.54, 1.807) is 56.3 Å². The lowest BCUT2D eigenvalue weighted by molar-refractivity contribution is -0.181. The number of likely N-dealkylation sites (N-methyl/N-ethyl adjacent to an activating group) is 1. The second kappa shape index (κ2) is 16.0. The number of carbonyl (C=O) groups is 8. The maximum atomic E-state index is 14.3. The number of esters is 1. The van der Waals surface area contributed by atoms with Crippen LogP contribution in [0.1, 0.15) is 41.3 Å². The van der Waals surface area contributed by atoms with Gasteiger partial charge < -0.3 is 35.6 Å². The highest BCUT2D eigenvalue weighted by atomic mass is 16.7. The zero-order chi connectivity index (χ0) is 40.5. The van der Waals surface area contributed by atoms with Crippen LogP contribution in [-0.2, 0) is 51.1 Å². The van der Waals surface area contributed by atoms with E-state index >= 15 is 0 Å². The molecular weight excluding hydrogens is 718 g/mol. The molecule has 3 aliphatic rings. The number of amides is 3. The van der Waals surface area contributed by atoms with Crippen molar-refractivity contribution in [3.05, 3.63) is 53.1 Å². The number of phenols is 1. The highest BCUT2D eigenvalue weighted by molar-refractivity contribution is 6.32. The number of carbonyl (C=O) groups excluding carboxylic acids is 8. The number of fused-ring (bicyclic) bond motifs is 3. The molecule has 17 nitrogen and oxygen atoms in total. The molecule has 2 aromatic rings. The Bertz CT molecular complexity index is 1930. The van der Waals surface area contributed by atoms with Crippen LogP contribution in [0.3, 0.4) is 0 Å². The van der Waals surface area contributed by atoms with E-state index in [4.69, 9.17) is 15.2 Å². The van der Waals surface area contributed by atoms with Crippen molar-refractivity contribution in [3.8, 4) is 5.75 Å². The van der Waals surface area contributed by atoms with Crippen LogP contribution in [0.25, 0.3) is 0 Å².